The van der Waals surface area contributed by atoms with Gasteiger partial charge in [0.05, 0.1) is 13.2 Å². The van der Waals surface area contributed by atoms with Gasteiger partial charge in [-0.25, -0.2) is 9.59 Å². The van der Waals surface area contributed by atoms with Gasteiger partial charge in [-0.05, 0) is 76.0 Å². The second-order valence-electron chi connectivity index (χ2n) is 9.21. The van der Waals surface area contributed by atoms with Gasteiger partial charge in [0.1, 0.15) is 0 Å². The largest absolute Gasteiger partial charge is 0.462 e. The first kappa shape index (κ1) is 17.8. The van der Waals surface area contributed by atoms with E-state index in [-0.39, 0.29) is 22.8 Å². The Labute approximate surface area is 156 Å². The number of carbonyl (C=O) groups excluding carboxylic acids is 2. The number of carbonyl (C=O) groups is 2. The van der Waals surface area contributed by atoms with E-state index >= 15 is 0 Å². The Morgan fingerprint density at radius 3 is 1.35 bits per heavy atom. The molecule has 4 atom stereocenters. The third kappa shape index (κ3) is 2.13. The molecular formula is C22H30O4. The van der Waals surface area contributed by atoms with Crippen molar-refractivity contribution in [1.29, 1.82) is 0 Å². The predicted molar refractivity (Wildman–Crippen MR) is 98.1 cm³/mol. The van der Waals surface area contributed by atoms with Gasteiger partial charge in [-0.1, -0.05) is 13.2 Å². The van der Waals surface area contributed by atoms with Crippen molar-refractivity contribution in [2.45, 2.75) is 52.4 Å². The molecule has 4 saturated carbocycles. The lowest BCUT2D eigenvalue weighted by atomic mass is 9.50. The van der Waals surface area contributed by atoms with E-state index in [0.717, 1.165) is 0 Å². The van der Waals surface area contributed by atoms with Crippen LogP contribution in [-0.4, -0.2) is 25.2 Å². The quantitative estimate of drug-likeness (QED) is 0.408. The fourth-order valence-corrected chi connectivity index (χ4v) is 7.38. The summed E-state index contributed by atoms with van der Waals surface area (Å²) in [5.74, 6) is 1.76. The summed E-state index contributed by atoms with van der Waals surface area (Å²) >= 11 is 0. The molecule has 4 aliphatic rings. The zero-order chi connectivity index (χ0) is 18.7. The van der Waals surface area contributed by atoms with Crippen LogP contribution in [0.15, 0.2) is 24.3 Å². The maximum Gasteiger partial charge on any atom is 0.333 e. The molecule has 0 heterocycles. The topological polar surface area (TPSA) is 52.6 Å². The molecule has 0 saturated heterocycles. The standard InChI is InChI=1S/C22H30O4/c1-13(2)19(23)25-11-21-15-5-7-17(9-15)22(21,12-26-20(24)14(3)4)18-8-6-16(21)10-18/h15-18H,1,3,5-12H2,2,4H3. The van der Waals surface area contributed by atoms with E-state index in [4.69, 9.17) is 9.47 Å². The van der Waals surface area contributed by atoms with Gasteiger partial charge in [-0.2, -0.15) is 0 Å². The monoisotopic (exact) mass is 358 g/mol. The number of hydrogen-bond acceptors (Lipinski definition) is 4. The smallest absolute Gasteiger partial charge is 0.333 e. The van der Waals surface area contributed by atoms with Crippen LogP contribution >= 0.6 is 0 Å². The van der Waals surface area contributed by atoms with Gasteiger partial charge in [0.15, 0.2) is 0 Å². The van der Waals surface area contributed by atoms with Crippen LogP contribution in [0, 0.1) is 34.5 Å². The molecule has 0 aromatic rings. The number of esters is 2. The van der Waals surface area contributed by atoms with Gasteiger partial charge in [0.2, 0.25) is 0 Å². The van der Waals surface area contributed by atoms with Gasteiger partial charge >= 0.3 is 11.9 Å². The minimum atomic E-state index is -0.294. The Kier molecular flexibility index (Phi) is 4.09. The Bertz CT molecular complexity index is 598. The number of fused-ring (bicyclic) bond motifs is 9. The Balaban J connectivity index is 1.66. The highest BCUT2D eigenvalue weighted by atomic mass is 16.5. The molecule has 4 fully saturated rings. The Morgan fingerprint density at radius 2 is 1.08 bits per heavy atom. The zero-order valence-corrected chi connectivity index (χ0v) is 16.0. The fourth-order valence-electron chi connectivity index (χ4n) is 7.38. The highest BCUT2D eigenvalue weighted by molar-refractivity contribution is 5.87. The molecule has 4 aliphatic carbocycles. The van der Waals surface area contributed by atoms with Crippen molar-refractivity contribution in [2.75, 3.05) is 13.2 Å². The van der Waals surface area contributed by atoms with Crippen LogP contribution in [-0.2, 0) is 19.1 Å². The Hall–Kier alpha value is -1.58. The highest BCUT2D eigenvalue weighted by Crippen LogP contribution is 2.80. The minimum Gasteiger partial charge on any atom is -0.462 e. The van der Waals surface area contributed by atoms with Crippen LogP contribution in [0.4, 0.5) is 0 Å². The molecule has 142 valence electrons. The number of hydrogen-bond donors (Lipinski definition) is 0. The lowest BCUT2D eigenvalue weighted by Gasteiger charge is -2.55. The van der Waals surface area contributed by atoms with Gasteiger partial charge in [0, 0.05) is 22.0 Å². The van der Waals surface area contributed by atoms with Crippen LogP contribution in [0.1, 0.15) is 52.4 Å². The summed E-state index contributed by atoms with van der Waals surface area (Å²) in [6, 6.07) is 0. The van der Waals surface area contributed by atoms with Gasteiger partial charge < -0.3 is 9.47 Å². The van der Waals surface area contributed by atoms with Crippen molar-refractivity contribution in [1.82, 2.24) is 0 Å². The van der Waals surface area contributed by atoms with Crippen molar-refractivity contribution >= 4 is 11.9 Å². The van der Waals surface area contributed by atoms with Crippen molar-refractivity contribution < 1.29 is 19.1 Å². The third-order valence-electron chi connectivity index (χ3n) is 8.23. The van der Waals surface area contributed by atoms with Gasteiger partial charge in [-0.15, -0.1) is 0 Å². The lowest BCUT2D eigenvalue weighted by molar-refractivity contribution is -0.175. The molecule has 0 aromatic heterocycles. The molecule has 0 spiro atoms. The summed E-state index contributed by atoms with van der Waals surface area (Å²) in [6.45, 7) is 11.8. The third-order valence-corrected chi connectivity index (χ3v) is 8.23. The predicted octanol–water partition coefficient (Wildman–Crippen LogP) is 4.06. The Morgan fingerprint density at radius 1 is 0.769 bits per heavy atom. The molecule has 4 unspecified atom stereocenters. The molecule has 0 amide bonds. The first-order valence-corrected chi connectivity index (χ1v) is 9.98. The van der Waals surface area contributed by atoms with Crippen molar-refractivity contribution in [3.8, 4) is 0 Å². The summed E-state index contributed by atoms with van der Waals surface area (Å²) in [7, 11) is 0. The molecule has 4 nitrogen and oxygen atoms in total. The average molecular weight is 358 g/mol. The summed E-state index contributed by atoms with van der Waals surface area (Å²) in [5.41, 5.74) is 0.873. The minimum absolute atomic E-state index is 0.0146. The van der Waals surface area contributed by atoms with Crippen LogP contribution in [0.5, 0.6) is 0 Å². The molecule has 4 bridgehead atoms. The van der Waals surface area contributed by atoms with E-state index in [1.807, 2.05) is 0 Å². The van der Waals surface area contributed by atoms with Crippen LogP contribution in [0.3, 0.4) is 0 Å². The van der Waals surface area contributed by atoms with Crippen LogP contribution in [0.2, 0.25) is 0 Å². The maximum absolute atomic E-state index is 12.1. The molecule has 0 radical (unpaired) electrons. The first-order chi connectivity index (χ1) is 12.3. The SMILES string of the molecule is C=C(C)C(=O)OCC12C3CCC(C3)C1(COC(=O)C(=C)C)C1CCC2C1. The summed E-state index contributed by atoms with van der Waals surface area (Å²) in [4.78, 5) is 24.3. The summed E-state index contributed by atoms with van der Waals surface area (Å²) < 4.78 is 11.6. The van der Waals surface area contributed by atoms with E-state index in [9.17, 15) is 9.59 Å². The molecule has 26 heavy (non-hydrogen) atoms. The number of ether oxygens (including phenoxy) is 2. The lowest BCUT2D eigenvalue weighted by Crippen LogP contribution is -2.56. The molecule has 4 heteroatoms. The van der Waals surface area contributed by atoms with Crippen molar-refractivity contribution in [3.63, 3.8) is 0 Å². The second kappa shape index (κ2) is 5.97. The fraction of sp³-hybridized carbons (Fsp3) is 0.727. The average Bonchev–Trinajstić information content (AvgIpc) is 3.35. The molecule has 0 aromatic carbocycles. The van der Waals surface area contributed by atoms with Crippen molar-refractivity contribution in [2.24, 2.45) is 34.5 Å². The molecule has 0 aliphatic heterocycles. The van der Waals surface area contributed by atoms with E-state index in [0.29, 0.717) is 48.0 Å². The van der Waals surface area contributed by atoms with Crippen LogP contribution in [0.25, 0.3) is 0 Å². The first-order valence-electron chi connectivity index (χ1n) is 9.98. The van der Waals surface area contributed by atoms with Crippen molar-refractivity contribution in [3.05, 3.63) is 24.3 Å². The molecular weight excluding hydrogens is 328 g/mol. The summed E-state index contributed by atoms with van der Waals surface area (Å²) in [5, 5.41) is 0. The van der Waals surface area contributed by atoms with E-state index in [2.05, 4.69) is 13.2 Å². The van der Waals surface area contributed by atoms with Gasteiger partial charge in [0.25, 0.3) is 0 Å². The molecule has 4 rings (SSSR count). The van der Waals surface area contributed by atoms with E-state index in [1.54, 1.807) is 13.8 Å². The van der Waals surface area contributed by atoms with E-state index in [1.165, 1.54) is 38.5 Å². The zero-order valence-electron chi connectivity index (χ0n) is 16.0. The normalized spacial score (nSPS) is 41.8. The molecule has 0 N–H and O–H groups in total. The van der Waals surface area contributed by atoms with Gasteiger partial charge in [-0.3, -0.25) is 0 Å². The number of rotatable bonds is 6. The maximum atomic E-state index is 12.1. The van der Waals surface area contributed by atoms with E-state index < -0.39 is 0 Å². The van der Waals surface area contributed by atoms with Crippen LogP contribution < -0.4 is 0 Å². The highest BCUT2D eigenvalue weighted by Gasteiger charge is 2.77. The second-order valence-corrected chi connectivity index (χ2v) is 9.21. The summed E-state index contributed by atoms with van der Waals surface area (Å²) in [6.07, 6.45) is 7.26.